The Morgan fingerprint density at radius 2 is 1.86 bits per heavy atom. The Kier molecular flexibility index (Phi) is 6.72. The number of nitrogens with one attached hydrogen (secondary N) is 1. The van der Waals surface area contributed by atoms with Crippen molar-refractivity contribution in [2.75, 3.05) is 30.3 Å². The van der Waals surface area contributed by atoms with Gasteiger partial charge in [-0.3, -0.25) is 4.31 Å². The summed E-state index contributed by atoms with van der Waals surface area (Å²) >= 11 is 5.86. The van der Waals surface area contributed by atoms with E-state index in [1.807, 2.05) is 12.1 Å². The van der Waals surface area contributed by atoms with Gasteiger partial charge in [-0.1, -0.05) is 23.7 Å². The number of nitrogens with zero attached hydrogens (tertiary/aromatic N) is 1. The van der Waals surface area contributed by atoms with Crippen molar-refractivity contribution in [3.05, 3.63) is 53.1 Å². The third-order valence-electron chi connectivity index (χ3n) is 4.69. The van der Waals surface area contributed by atoms with Gasteiger partial charge in [0.15, 0.2) is 0 Å². The molecule has 0 amide bonds. The second-order valence-corrected chi connectivity index (χ2v) is 10.9. The second kappa shape index (κ2) is 8.91. The Labute approximate surface area is 176 Å². The van der Waals surface area contributed by atoms with Gasteiger partial charge in [0.1, 0.15) is 10.6 Å². The van der Waals surface area contributed by atoms with E-state index in [4.69, 9.17) is 16.3 Å². The summed E-state index contributed by atoms with van der Waals surface area (Å²) in [5, 5.41) is 0.614. The van der Waals surface area contributed by atoms with Crippen molar-refractivity contribution in [3.8, 4) is 5.75 Å². The van der Waals surface area contributed by atoms with E-state index < -0.39 is 20.0 Å². The molecule has 0 bridgehead atoms. The molecular weight excluding hydrogens is 436 g/mol. The van der Waals surface area contributed by atoms with Crippen molar-refractivity contribution < 1.29 is 21.6 Å². The zero-order valence-corrected chi connectivity index (χ0v) is 18.4. The van der Waals surface area contributed by atoms with Gasteiger partial charge in [0.05, 0.1) is 18.6 Å². The highest BCUT2D eigenvalue weighted by Gasteiger charge is 2.28. The fraction of sp³-hybridized carbons (Fsp3) is 0.368. The molecule has 0 saturated carbocycles. The van der Waals surface area contributed by atoms with E-state index in [2.05, 4.69) is 4.72 Å². The number of sulfonamides is 2. The van der Waals surface area contributed by atoms with E-state index in [0.717, 1.165) is 12.0 Å². The van der Waals surface area contributed by atoms with Crippen molar-refractivity contribution >= 4 is 37.3 Å². The summed E-state index contributed by atoms with van der Waals surface area (Å²) in [6, 6.07) is 11.6. The van der Waals surface area contributed by atoms with Gasteiger partial charge < -0.3 is 4.74 Å². The summed E-state index contributed by atoms with van der Waals surface area (Å²) in [6.07, 6.45) is 1.82. The molecule has 0 radical (unpaired) electrons. The minimum Gasteiger partial charge on any atom is -0.495 e. The van der Waals surface area contributed by atoms with E-state index >= 15 is 0 Å². The third kappa shape index (κ3) is 5.22. The summed E-state index contributed by atoms with van der Waals surface area (Å²) in [4.78, 5) is -0.0885. The lowest BCUT2D eigenvalue weighted by atomic mass is 10.2. The lowest BCUT2D eigenvalue weighted by molar-refractivity contribution is 0.402. The molecule has 1 aliphatic heterocycles. The SMILES string of the molecule is COc1ccc(N2CCCCS2(=O)=O)cc1S(=O)(=O)NCCc1ccc(Cl)cc1. The maximum Gasteiger partial charge on any atom is 0.244 e. The van der Waals surface area contributed by atoms with Crippen molar-refractivity contribution in [3.63, 3.8) is 0 Å². The van der Waals surface area contributed by atoms with Crippen LogP contribution < -0.4 is 13.8 Å². The molecule has 2 aromatic carbocycles. The van der Waals surface area contributed by atoms with Gasteiger partial charge in [0.25, 0.3) is 0 Å². The standard InChI is InChI=1S/C19H23ClN2O5S2/c1-27-18-9-8-17(22-12-2-3-13-28(22,23)24)14-19(18)29(25,26)21-11-10-15-4-6-16(20)7-5-15/h4-9,14,21H,2-3,10-13H2,1H3. The fourth-order valence-electron chi connectivity index (χ4n) is 3.17. The van der Waals surface area contributed by atoms with Crippen LogP contribution in [0.5, 0.6) is 5.75 Å². The quantitative estimate of drug-likeness (QED) is 0.688. The van der Waals surface area contributed by atoms with E-state index in [0.29, 0.717) is 30.1 Å². The maximum absolute atomic E-state index is 12.9. The minimum atomic E-state index is -3.90. The van der Waals surface area contributed by atoms with Gasteiger partial charge >= 0.3 is 0 Å². The van der Waals surface area contributed by atoms with E-state index in [-0.39, 0.29) is 22.9 Å². The molecule has 1 heterocycles. The number of rotatable bonds is 7. The van der Waals surface area contributed by atoms with Crippen LogP contribution in [0, 0.1) is 0 Å². The Morgan fingerprint density at radius 3 is 2.52 bits per heavy atom. The first-order valence-electron chi connectivity index (χ1n) is 9.15. The Balaban J connectivity index is 1.82. The number of hydrogen-bond acceptors (Lipinski definition) is 5. The number of ether oxygens (including phenoxy) is 1. The first-order valence-corrected chi connectivity index (χ1v) is 12.6. The molecule has 0 aliphatic carbocycles. The maximum atomic E-state index is 12.9. The van der Waals surface area contributed by atoms with Crippen molar-refractivity contribution in [1.82, 2.24) is 4.72 Å². The molecule has 158 valence electrons. The lowest BCUT2D eigenvalue weighted by Gasteiger charge is -2.28. The van der Waals surface area contributed by atoms with Crippen LogP contribution in [-0.4, -0.2) is 42.8 Å². The molecule has 0 aromatic heterocycles. The second-order valence-electron chi connectivity index (χ2n) is 6.70. The highest BCUT2D eigenvalue weighted by molar-refractivity contribution is 7.92. The molecule has 3 rings (SSSR count). The largest absolute Gasteiger partial charge is 0.495 e. The molecule has 0 atom stereocenters. The molecule has 1 aliphatic rings. The highest BCUT2D eigenvalue weighted by atomic mass is 35.5. The topological polar surface area (TPSA) is 92.8 Å². The fourth-order valence-corrected chi connectivity index (χ4v) is 6.14. The van der Waals surface area contributed by atoms with E-state index in [9.17, 15) is 16.8 Å². The van der Waals surface area contributed by atoms with Crippen molar-refractivity contribution in [1.29, 1.82) is 0 Å². The first kappa shape index (κ1) is 21.9. The third-order valence-corrected chi connectivity index (χ3v) is 8.30. The number of hydrogen-bond donors (Lipinski definition) is 1. The summed E-state index contributed by atoms with van der Waals surface area (Å²) in [5.74, 6) is 0.211. The zero-order valence-electron chi connectivity index (χ0n) is 16.0. The van der Waals surface area contributed by atoms with Crippen LogP contribution in [0.3, 0.4) is 0 Å². The van der Waals surface area contributed by atoms with Crippen LogP contribution in [0.15, 0.2) is 47.4 Å². The van der Waals surface area contributed by atoms with Crippen LogP contribution >= 0.6 is 11.6 Å². The number of anilines is 1. The molecule has 0 unspecified atom stereocenters. The Bertz CT molecular complexity index is 1070. The lowest BCUT2D eigenvalue weighted by Crippen LogP contribution is -2.38. The van der Waals surface area contributed by atoms with Crippen LogP contribution in [0.2, 0.25) is 5.02 Å². The molecule has 1 saturated heterocycles. The molecular formula is C19H23ClN2O5S2. The van der Waals surface area contributed by atoms with Gasteiger partial charge in [0.2, 0.25) is 20.0 Å². The zero-order chi connectivity index (χ0) is 21.1. The van der Waals surface area contributed by atoms with Gasteiger partial charge in [-0.2, -0.15) is 0 Å². The van der Waals surface area contributed by atoms with Gasteiger partial charge in [-0.15, -0.1) is 0 Å². The predicted octanol–water partition coefficient (Wildman–Crippen LogP) is 2.80. The Morgan fingerprint density at radius 1 is 1.14 bits per heavy atom. The molecule has 1 fully saturated rings. The van der Waals surface area contributed by atoms with Gasteiger partial charge in [0, 0.05) is 18.1 Å². The van der Waals surface area contributed by atoms with Crippen LogP contribution in [-0.2, 0) is 26.5 Å². The average molecular weight is 459 g/mol. The first-order chi connectivity index (χ1) is 13.7. The highest BCUT2D eigenvalue weighted by Crippen LogP contribution is 2.31. The van der Waals surface area contributed by atoms with Crippen molar-refractivity contribution in [2.45, 2.75) is 24.2 Å². The van der Waals surface area contributed by atoms with Gasteiger partial charge in [-0.25, -0.2) is 21.6 Å². The minimum absolute atomic E-state index is 0.0560. The van der Waals surface area contributed by atoms with Crippen LogP contribution in [0.1, 0.15) is 18.4 Å². The normalized spacial score (nSPS) is 16.6. The Hall–Kier alpha value is -1.81. The smallest absolute Gasteiger partial charge is 0.244 e. The summed E-state index contributed by atoms with van der Waals surface area (Å²) in [7, 11) is -5.98. The average Bonchev–Trinajstić information content (AvgIpc) is 2.68. The van der Waals surface area contributed by atoms with E-state index in [1.165, 1.54) is 23.5 Å². The predicted molar refractivity (Wildman–Crippen MR) is 114 cm³/mol. The van der Waals surface area contributed by atoms with E-state index in [1.54, 1.807) is 18.2 Å². The van der Waals surface area contributed by atoms with Gasteiger partial charge in [-0.05, 0) is 55.2 Å². The van der Waals surface area contributed by atoms with Crippen LogP contribution in [0.4, 0.5) is 5.69 Å². The molecule has 0 spiro atoms. The van der Waals surface area contributed by atoms with Crippen LogP contribution in [0.25, 0.3) is 0 Å². The number of methoxy groups -OCH3 is 1. The molecule has 29 heavy (non-hydrogen) atoms. The molecule has 1 N–H and O–H groups in total. The molecule has 10 heteroatoms. The molecule has 7 nitrogen and oxygen atoms in total. The van der Waals surface area contributed by atoms with Crippen molar-refractivity contribution in [2.24, 2.45) is 0 Å². The molecule has 2 aromatic rings. The summed E-state index contributed by atoms with van der Waals surface area (Å²) in [5.41, 5.74) is 1.26. The number of benzene rings is 2. The summed E-state index contributed by atoms with van der Waals surface area (Å²) in [6.45, 7) is 0.511. The monoisotopic (exact) mass is 458 g/mol. The summed E-state index contributed by atoms with van der Waals surface area (Å²) < 4.78 is 59.5. The number of halogens is 1.